The average Bonchev–Trinajstić information content (AvgIpc) is 3.63. The maximum absolute atomic E-state index is 13.6. The van der Waals surface area contributed by atoms with Crippen molar-refractivity contribution in [1.82, 2.24) is 4.98 Å². The largest absolute Gasteiger partial charge is 0.405 e. The first-order valence-corrected chi connectivity index (χ1v) is 20.1. The van der Waals surface area contributed by atoms with E-state index in [0.29, 0.717) is 11.6 Å². The summed E-state index contributed by atoms with van der Waals surface area (Å²) >= 11 is 1.32. The van der Waals surface area contributed by atoms with Gasteiger partial charge in [-0.1, -0.05) is 112 Å². The molecule has 0 saturated carbocycles. The Labute approximate surface area is 301 Å². The molecule has 50 heavy (non-hydrogen) atoms. The zero-order chi connectivity index (χ0) is 35.6. The number of fused-ring (bicyclic) bond motifs is 1. The Kier molecular flexibility index (Phi) is 10.9. The lowest BCUT2D eigenvalue weighted by atomic mass is 9.92. The summed E-state index contributed by atoms with van der Waals surface area (Å²) in [6.45, 7) is 14.9. The molecule has 4 aromatic rings. The molecule has 0 amide bonds. The van der Waals surface area contributed by atoms with Crippen LogP contribution in [0.1, 0.15) is 70.3 Å². The fourth-order valence-corrected chi connectivity index (χ4v) is 12.4. The minimum Gasteiger partial charge on any atom is -0.405 e. The highest BCUT2D eigenvalue weighted by Crippen LogP contribution is 2.42. The lowest BCUT2D eigenvalue weighted by molar-refractivity contribution is -0.432. The summed E-state index contributed by atoms with van der Waals surface area (Å²) in [5.41, 5.74) is 0.992. The van der Waals surface area contributed by atoms with E-state index in [1.165, 1.54) is 21.7 Å². The smallest absolute Gasteiger partial charge is 0.261 e. The molecule has 8 nitrogen and oxygen atoms in total. The second-order valence-electron chi connectivity index (χ2n) is 15.0. The molecule has 0 bridgehead atoms. The number of hydrogen-bond acceptors (Lipinski definition) is 9. The van der Waals surface area contributed by atoms with Gasteiger partial charge in [0.1, 0.15) is 24.4 Å². The van der Waals surface area contributed by atoms with Crippen molar-refractivity contribution in [2.75, 3.05) is 6.61 Å². The van der Waals surface area contributed by atoms with Gasteiger partial charge in [0.05, 0.1) is 19.3 Å². The molecular weight excluding hydrogens is 667 g/mol. The minimum atomic E-state index is -2.90. The van der Waals surface area contributed by atoms with E-state index in [1.807, 2.05) is 70.2 Å². The zero-order valence-electron chi connectivity index (χ0n) is 30.0. The van der Waals surface area contributed by atoms with E-state index in [4.69, 9.17) is 28.1 Å². The van der Waals surface area contributed by atoms with E-state index in [-0.39, 0.29) is 23.8 Å². The Morgan fingerprint density at radius 1 is 0.820 bits per heavy atom. The molecule has 0 N–H and O–H groups in total. The van der Waals surface area contributed by atoms with Gasteiger partial charge in [0, 0.05) is 18.0 Å². The van der Waals surface area contributed by atoms with Gasteiger partial charge in [-0.15, -0.1) is 11.3 Å². The molecule has 0 spiro atoms. The number of ether oxygens (including phenoxy) is 5. The SMILES string of the molecule is CC1(C)O[C@H]([C@H](CC(=O)c2nccs2)OCc2ccccc2)[C@H]2OC(C)(C)O[C@H](CO[Si](c3ccccc3)(c3ccccc3)C(C)(C)C)[C@H]2O1. The van der Waals surface area contributed by atoms with Gasteiger partial charge >= 0.3 is 0 Å². The topological polar surface area (TPSA) is 85.3 Å². The van der Waals surface area contributed by atoms with E-state index in [0.717, 1.165) is 5.56 Å². The van der Waals surface area contributed by atoms with Gasteiger partial charge < -0.3 is 28.1 Å². The van der Waals surface area contributed by atoms with Crippen molar-refractivity contribution in [1.29, 1.82) is 0 Å². The number of rotatable bonds is 12. The average molecular weight is 716 g/mol. The van der Waals surface area contributed by atoms with Crippen molar-refractivity contribution >= 4 is 35.8 Å². The minimum absolute atomic E-state index is 0.0676. The summed E-state index contributed by atoms with van der Waals surface area (Å²) in [5, 5.41) is 4.38. The van der Waals surface area contributed by atoms with Crippen LogP contribution in [-0.2, 0) is 34.7 Å². The van der Waals surface area contributed by atoms with Gasteiger partial charge in [0.15, 0.2) is 22.4 Å². The van der Waals surface area contributed by atoms with E-state index < -0.39 is 50.4 Å². The highest BCUT2D eigenvalue weighted by Gasteiger charge is 2.57. The standard InChI is InChI=1S/C40H49NO7SSi/c1-38(2,3)50(29-19-13-9-14-20-29,30-21-15-10-16-22-30)44-27-33-35-36(48-39(4,5)45-33)34(46-40(6,7)47-35)32(25-31(42)37-41-23-24-49-37)43-26-28-17-11-8-12-18-28/h8-24,32-36H,25-27H2,1-7H3/t32-,33+,34+,35+,36+/m0/s1. The third-order valence-corrected chi connectivity index (χ3v) is 15.1. The third-order valence-electron chi connectivity index (χ3n) is 9.32. The van der Waals surface area contributed by atoms with Crippen LogP contribution < -0.4 is 10.4 Å². The van der Waals surface area contributed by atoms with Gasteiger partial charge in [0.2, 0.25) is 0 Å². The monoisotopic (exact) mass is 715 g/mol. The summed E-state index contributed by atoms with van der Waals surface area (Å²) in [5.74, 6) is -2.15. The molecule has 2 aliphatic rings. The molecule has 1 aromatic heterocycles. The third kappa shape index (κ3) is 8.03. The molecule has 0 aliphatic carbocycles. The summed E-state index contributed by atoms with van der Waals surface area (Å²) in [6.07, 6.45) is -1.32. The van der Waals surface area contributed by atoms with E-state index >= 15 is 0 Å². The Bertz CT molecular complexity index is 1640. The molecule has 0 radical (unpaired) electrons. The number of Topliss-reactive ketones (excluding diaryl/α,β-unsaturated/α-hetero) is 1. The van der Waals surface area contributed by atoms with Gasteiger partial charge in [-0.3, -0.25) is 4.79 Å². The quantitative estimate of drug-likeness (QED) is 0.116. The Balaban J connectivity index is 1.35. The van der Waals surface area contributed by atoms with Crippen molar-refractivity contribution in [3.8, 4) is 0 Å². The highest BCUT2D eigenvalue weighted by molar-refractivity contribution is 7.11. The van der Waals surface area contributed by atoms with Crippen LogP contribution in [0.15, 0.2) is 103 Å². The molecule has 0 unspecified atom stereocenters. The lowest BCUT2D eigenvalue weighted by Crippen LogP contribution is -2.71. The van der Waals surface area contributed by atoms with E-state index in [9.17, 15) is 4.79 Å². The summed E-state index contributed by atoms with van der Waals surface area (Å²) in [6, 6.07) is 31.0. The van der Waals surface area contributed by atoms with Gasteiger partial charge in [0.25, 0.3) is 8.32 Å². The van der Waals surface area contributed by atoms with Crippen LogP contribution in [0.2, 0.25) is 5.04 Å². The Hall–Kier alpha value is -3.06. The second-order valence-corrected chi connectivity index (χ2v) is 20.2. The van der Waals surface area contributed by atoms with Gasteiger partial charge in [-0.05, 0) is 48.7 Å². The number of nitrogens with zero attached hydrogens (tertiary/aromatic N) is 1. The second kappa shape index (κ2) is 14.9. The molecule has 5 atom stereocenters. The number of carbonyl (C=O) groups excluding carboxylic acids is 1. The molecule has 2 fully saturated rings. The molecule has 10 heteroatoms. The Morgan fingerprint density at radius 3 is 1.94 bits per heavy atom. The summed E-state index contributed by atoms with van der Waals surface area (Å²) in [7, 11) is -2.90. The zero-order valence-corrected chi connectivity index (χ0v) is 31.9. The van der Waals surface area contributed by atoms with Gasteiger partial charge in [-0.25, -0.2) is 4.98 Å². The molecule has 3 aromatic carbocycles. The number of hydrogen-bond donors (Lipinski definition) is 0. The first-order valence-electron chi connectivity index (χ1n) is 17.3. The number of ketones is 1. The van der Waals surface area contributed by atoms with Crippen LogP contribution in [0.3, 0.4) is 0 Å². The van der Waals surface area contributed by atoms with Crippen LogP contribution >= 0.6 is 11.3 Å². The normalized spacial score (nSPS) is 23.9. The van der Waals surface area contributed by atoms with E-state index in [1.54, 1.807) is 11.6 Å². The van der Waals surface area contributed by atoms with Crippen LogP contribution in [0.5, 0.6) is 0 Å². The molecule has 6 rings (SSSR count). The number of aromatic nitrogens is 1. The first kappa shape index (κ1) is 36.7. The molecule has 2 saturated heterocycles. The van der Waals surface area contributed by atoms with Crippen molar-refractivity contribution in [3.63, 3.8) is 0 Å². The van der Waals surface area contributed by atoms with Crippen molar-refractivity contribution in [2.45, 2.75) is 109 Å². The number of thiazole rings is 1. The number of benzene rings is 3. The maximum atomic E-state index is 13.6. The summed E-state index contributed by atoms with van der Waals surface area (Å²) < 4.78 is 40.7. The van der Waals surface area contributed by atoms with Crippen LogP contribution in [0.4, 0.5) is 0 Å². The van der Waals surface area contributed by atoms with E-state index in [2.05, 4.69) is 74.3 Å². The fourth-order valence-electron chi connectivity index (χ4n) is 7.28. The van der Waals surface area contributed by atoms with Crippen molar-refractivity contribution in [2.24, 2.45) is 0 Å². The van der Waals surface area contributed by atoms with Gasteiger partial charge in [-0.2, -0.15) is 0 Å². The highest BCUT2D eigenvalue weighted by atomic mass is 32.1. The Morgan fingerprint density at radius 2 is 1.38 bits per heavy atom. The maximum Gasteiger partial charge on any atom is 0.261 e. The lowest BCUT2D eigenvalue weighted by Gasteiger charge is -2.55. The van der Waals surface area contributed by atoms with Crippen molar-refractivity contribution < 1.29 is 32.9 Å². The van der Waals surface area contributed by atoms with Crippen molar-refractivity contribution in [3.05, 3.63) is 113 Å². The molecular formula is C40H49NO7SSi. The summed E-state index contributed by atoms with van der Waals surface area (Å²) in [4.78, 5) is 17.8. The molecule has 2 aliphatic heterocycles. The molecule has 266 valence electrons. The first-order chi connectivity index (χ1) is 23.8. The predicted octanol–water partition coefficient (Wildman–Crippen LogP) is 6.92. The number of carbonyl (C=O) groups is 1. The van der Waals surface area contributed by atoms with Crippen LogP contribution in [-0.4, -0.2) is 67.8 Å². The fraction of sp³-hybridized carbons (Fsp3) is 0.450. The predicted molar refractivity (Wildman–Crippen MR) is 197 cm³/mol. The van der Waals surface area contributed by atoms with Crippen LogP contribution in [0.25, 0.3) is 0 Å². The van der Waals surface area contributed by atoms with Crippen LogP contribution in [0, 0.1) is 0 Å². The molecule has 3 heterocycles.